The summed E-state index contributed by atoms with van der Waals surface area (Å²) in [6.07, 6.45) is 8.19. The highest BCUT2D eigenvalue weighted by molar-refractivity contribution is 5.69. The molecule has 0 aliphatic heterocycles. The molecule has 0 aromatic heterocycles. The van der Waals surface area contributed by atoms with Crippen LogP contribution in [0.15, 0.2) is 60.7 Å². The van der Waals surface area contributed by atoms with E-state index in [4.69, 9.17) is 0 Å². The molecule has 2 N–H and O–H groups in total. The number of carboxylic acids is 1. The summed E-state index contributed by atoms with van der Waals surface area (Å²) in [7, 11) is 0. The third-order valence-electron chi connectivity index (χ3n) is 7.05. The minimum absolute atomic E-state index is 0.112. The standard InChI is InChI=1S/C29H40O4/c1-28(21-22-30,24-13-5-3-6-14-24)19-11-9-17-26(31)18-10-12-20-29(2,23-27(32)33)25-15-7-4-8-16-25/h3-8,13-16,22,26,31H,9-12,17-21,23H2,1-2H3,(H,32,33). The van der Waals surface area contributed by atoms with Crippen LogP contribution in [0.2, 0.25) is 0 Å². The average Bonchev–Trinajstić information content (AvgIpc) is 2.80. The molecule has 2 aromatic carbocycles. The zero-order valence-electron chi connectivity index (χ0n) is 20.2. The number of aliphatic hydroxyl groups is 1. The largest absolute Gasteiger partial charge is 0.481 e. The van der Waals surface area contributed by atoms with Gasteiger partial charge in [0.2, 0.25) is 0 Å². The Balaban J connectivity index is 1.74. The molecule has 0 aliphatic rings. The molecule has 0 fully saturated rings. The number of carboxylic acid groups (broad SMARTS) is 1. The molecule has 0 heterocycles. The molecule has 3 unspecified atom stereocenters. The molecule has 0 saturated heterocycles. The van der Waals surface area contributed by atoms with Crippen LogP contribution >= 0.6 is 0 Å². The van der Waals surface area contributed by atoms with E-state index < -0.39 is 11.4 Å². The number of aliphatic hydroxyl groups excluding tert-OH is 1. The van der Waals surface area contributed by atoms with Gasteiger partial charge in [-0.15, -0.1) is 0 Å². The second-order valence-electron chi connectivity index (χ2n) is 9.94. The van der Waals surface area contributed by atoms with E-state index in [1.54, 1.807) is 0 Å². The first-order chi connectivity index (χ1) is 15.8. The lowest BCUT2D eigenvalue weighted by Crippen LogP contribution is -2.26. The lowest BCUT2D eigenvalue weighted by molar-refractivity contribution is -0.138. The quantitative estimate of drug-likeness (QED) is 0.227. The average molecular weight is 453 g/mol. The molecule has 33 heavy (non-hydrogen) atoms. The second-order valence-corrected chi connectivity index (χ2v) is 9.94. The van der Waals surface area contributed by atoms with E-state index in [-0.39, 0.29) is 17.9 Å². The smallest absolute Gasteiger partial charge is 0.304 e. The normalized spacial score (nSPS) is 15.8. The van der Waals surface area contributed by atoms with Gasteiger partial charge in [0.15, 0.2) is 0 Å². The van der Waals surface area contributed by atoms with Gasteiger partial charge in [-0.25, -0.2) is 0 Å². The van der Waals surface area contributed by atoms with Crippen LogP contribution in [0.25, 0.3) is 0 Å². The third kappa shape index (κ3) is 8.77. The molecule has 2 aromatic rings. The summed E-state index contributed by atoms with van der Waals surface area (Å²) in [6, 6.07) is 20.1. The van der Waals surface area contributed by atoms with Crippen LogP contribution < -0.4 is 0 Å². The monoisotopic (exact) mass is 452 g/mol. The second kappa shape index (κ2) is 13.3. The molecule has 3 atom stereocenters. The van der Waals surface area contributed by atoms with Crippen molar-refractivity contribution in [3.05, 3.63) is 71.8 Å². The van der Waals surface area contributed by atoms with E-state index >= 15 is 0 Å². The molecular weight excluding hydrogens is 412 g/mol. The van der Waals surface area contributed by atoms with Crippen molar-refractivity contribution in [2.24, 2.45) is 0 Å². The summed E-state index contributed by atoms with van der Waals surface area (Å²) in [4.78, 5) is 22.6. The van der Waals surface area contributed by atoms with Crippen molar-refractivity contribution in [2.75, 3.05) is 0 Å². The number of benzene rings is 2. The van der Waals surface area contributed by atoms with E-state index in [9.17, 15) is 19.8 Å². The first-order valence-corrected chi connectivity index (χ1v) is 12.2. The van der Waals surface area contributed by atoms with Crippen molar-refractivity contribution in [3.63, 3.8) is 0 Å². The van der Waals surface area contributed by atoms with Crippen molar-refractivity contribution in [1.82, 2.24) is 0 Å². The lowest BCUT2D eigenvalue weighted by Gasteiger charge is -2.29. The van der Waals surface area contributed by atoms with E-state index in [1.165, 1.54) is 5.56 Å². The van der Waals surface area contributed by atoms with Crippen LogP contribution in [0.4, 0.5) is 0 Å². The number of aldehydes is 1. The van der Waals surface area contributed by atoms with Crippen LogP contribution in [0.3, 0.4) is 0 Å². The molecule has 0 spiro atoms. The van der Waals surface area contributed by atoms with Crippen molar-refractivity contribution >= 4 is 12.3 Å². The fourth-order valence-electron chi connectivity index (χ4n) is 4.83. The Bertz CT molecular complexity index is 835. The van der Waals surface area contributed by atoms with Crippen molar-refractivity contribution < 1.29 is 19.8 Å². The fraction of sp³-hybridized carbons (Fsp3) is 0.517. The highest BCUT2D eigenvalue weighted by Crippen LogP contribution is 2.34. The maximum Gasteiger partial charge on any atom is 0.304 e. The molecule has 0 bridgehead atoms. The zero-order chi connectivity index (χ0) is 24.2. The molecule has 0 amide bonds. The van der Waals surface area contributed by atoms with Crippen LogP contribution in [0, 0.1) is 0 Å². The summed E-state index contributed by atoms with van der Waals surface area (Å²) in [5.41, 5.74) is 1.71. The van der Waals surface area contributed by atoms with Gasteiger partial charge in [0.1, 0.15) is 6.29 Å². The summed E-state index contributed by atoms with van der Waals surface area (Å²) in [5.74, 6) is -0.779. The minimum Gasteiger partial charge on any atom is -0.481 e. The maximum atomic E-state index is 11.4. The number of rotatable bonds is 16. The Morgan fingerprint density at radius 3 is 1.73 bits per heavy atom. The number of carbonyl (C=O) groups is 2. The predicted octanol–water partition coefficient (Wildman–Crippen LogP) is 6.45. The topological polar surface area (TPSA) is 74.6 Å². The van der Waals surface area contributed by atoms with Crippen LogP contribution in [0.1, 0.15) is 89.2 Å². The first kappa shape index (κ1) is 26.8. The Kier molecular flexibility index (Phi) is 10.8. The third-order valence-corrected chi connectivity index (χ3v) is 7.05. The van der Waals surface area contributed by atoms with Gasteiger partial charge < -0.3 is 15.0 Å². The van der Waals surface area contributed by atoms with Crippen LogP contribution in [-0.2, 0) is 20.4 Å². The molecular formula is C29H40O4. The number of carbonyl (C=O) groups excluding carboxylic acids is 1. The number of hydrogen-bond donors (Lipinski definition) is 2. The molecule has 180 valence electrons. The predicted molar refractivity (Wildman–Crippen MR) is 133 cm³/mol. The zero-order valence-corrected chi connectivity index (χ0v) is 20.2. The fourth-order valence-corrected chi connectivity index (χ4v) is 4.83. The SMILES string of the molecule is CC(CC=O)(CCCCC(O)CCCCC(C)(CC(=O)O)c1ccccc1)c1ccccc1. The van der Waals surface area contributed by atoms with Gasteiger partial charge in [-0.3, -0.25) is 4.79 Å². The molecule has 0 aliphatic carbocycles. The Morgan fingerprint density at radius 2 is 1.27 bits per heavy atom. The molecule has 0 radical (unpaired) electrons. The van der Waals surface area contributed by atoms with Gasteiger partial charge in [-0.1, -0.05) is 100 Å². The Labute approximate surface area is 199 Å². The van der Waals surface area contributed by atoms with Crippen LogP contribution in [0.5, 0.6) is 0 Å². The van der Waals surface area contributed by atoms with E-state index in [1.807, 2.05) is 55.5 Å². The lowest BCUT2D eigenvalue weighted by atomic mass is 9.75. The molecule has 4 nitrogen and oxygen atoms in total. The van der Waals surface area contributed by atoms with E-state index in [0.29, 0.717) is 6.42 Å². The summed E-state index contributed by atoms with van der Waals surface area (Å²) in [6.45, 7) is 4.17. The number of hydrogen-bond acceptors (Lipinski definition) is 3. The Morgan fingerprint density at radius 1 is 0.818 bits per heavy atom. The van der Waals surface area contributed by atoms with Gasteiger partial charge in [0.05, 0.1) is 12.5 Å². The van der Waals surface area contributed by atoms with Crippen molar-refractivity contribution in [1.29, 1.82) is 0 Å². The van der Waals surface area contributed by atoms with Gasteiger partial charge in [0, 0.05) is 11.8 Å². The Hall–Kier alpha value is -2.46. The van der Waals surface area contributed by atoms with Crippen molar-refractivity contribution in [2.45, 2.75) is 95.0 Å². The van der Waals surface area contributed by atoms with E-state index in [0.717, 1.165) is 63.2 Å². The molecule has 4 heteroatoms. The highest BCUT2D eigenvalue weighted by atomic mass is 16.4. The number of aliphatic carboxylic acids is 1. The molecule has 0 saturated carbocycles. The summed E-state index contributed by atoms with van der Waals surface area (Å²) < 4.78 is 0. The maximum absolute atomic E-state index is 11.4. The van der Waals surface area contributed by atoms with Crippen LogP contribution in [-0.4, -0.2) is 28.6 Å². The first-order valence-electron chi connectivity index (χ1n) is 12.2. The molecule has 2 rings (SSSR count). The van der Waals surface area contributed by atoms with E-state index in [2.05, 4.69) is 19.1 Å². The minimum atomic E-state index is -0.779. The van der Waals surface area contributed by atoms with Crippen molar-refractivity contribution in [3.8, 4) is 0 Å². The highest BCUT2D eigenvalue weighted by Gasteiger charge is 2.29. The summed E-state index contributed by atoms with van der Waals surface area (Å²) >= 11 is 0. The summed E-state index contributed by atoms with van der Waals surface area (Å²) in [5, 5.41) is 19.8. The van der Waals surface area contributed by atoms with Gasteiger partial charge in [0.25, 0.3) is 0 Å². The van der Waals surface area contributed by atoms with Gasteiger partial charge in [-0.05, 0) is 42.2 Å². The van der Waals surface area contributed by atoms with Gasteiger partial charge >= 0.3 is 5.97 Å². The van der Waals surface area contributed by atoms with Gasteiger partial charge in [-0.2, -0.15) is 0 Å². The number of unbranched alkanes of at least 4 members (excludes halogenated alkanes) is 2.